The van der Waals surface area contributed by atoms with Crippen LogP contribution in [0.2, 0.25) is 5.02 Å². The molecule has 0 radical (unpaired) electrons. The Balaban J connectivity index is 1.79. The van der Waals surface area contributed by atoms with Gasteiger partial charge in [-0.25, -0.2) is 10.3 Å². The van der Waals surface area contributed by atoms with Gasteiger partial charge in [0, 0.05) is 24.5 Å². The highest BCUT2D eigenvalue weighted by atomic mass is 35.5. The molecule has 1 aromatic heterocycles. The lowest BCUT2D eigenvalue weighted by molar-refractivity contribution is -0.0624. The molecule has 6 nitrogen and oxygen atoms in total. The van der Waals surface area contributed by atoms with E-state index in [4.69, 9.17) is 16.4 Å². The Bertz CT molecular complexity index is 696. The van der Waals surface area contributed by atoms with Crippen molar-refractivity contribution >= 4 is 17.6 Å². The Kier molecular flexibility index (Phi) is 4.65. The van der Waals surface area contributed by atoms with Crippen molar-refractivity contribution in [2.75, 3.05) is 0 Å². The van der Waals surface area contributed by atoms with Crippen molar-refractivity contribution in [1.82, 2.24) is 15.4 Å². The van der Waals surface area contributed by atoms with Gasteiger partial charge >= 0.3 is 6.03 Å². The van der Waals surface area contributed by atoms with Crippen LogP contribution in [0.5, 0.6) is 0 Å². The van der Waals surface area contributed by atoms with Crippen LogP contribution in [0.15, 0.2) is 18.5 Å². The molecule has 2 unspecified atom stereocenters. The van der Waals surface area contributed by atoms with Crippen LogP contribution in [0.25, 0.3) is 0 Å². The number of amides is 2. The van der Waals surface area contributed by atoms with Gasteiger partial charge in [0.05, 0.1) is 22.1 Å². The third-order valence-corrected chi connectivity index (χ3v) is 5.15. The molecular formula is C18H23ClN4O2. The summed E-state index contributed by atoms with van der Waals surface area (Å²) in [7, 11) is 0. The molecule has 7 heteroatoms. The lowest BCUT2D eigenvalue weighted by atomic mass is 9.71. The number of nitrogens with one attached hydrogen (secondary N) is 1. The van der Waals surface area contributed by atoms with Crippen molar-refractivity contribution in [3.63, 3.8) is 0 Å². The molecule has 2 aliphatic heterocycles. The molecule has 1 aromatic rings. The van der Waals surface area contributed by atoms with Crippen molar-refractivity contribution in [2.24, 2.45) is 0 Å². The molecule has 0 saturated carbocycles. The van der Waals surface area contributed by atoms with Crippen molar-refractivity contribution in [1.29, 1.82) is 5.26 Å². The zero-order valence-corrected chi connectivity index (χ0v) is 15.5. The molecule has 2 aliphatic rings. The number of urea groups is 1. The van der Waals surface area contributed by atoms with E-state index in [1.54, 1.807) is 12.4 Å². The number of hydrogen-bond donors (Lipinski definition) is 1. The maximum absolute atomic E-state index is 12.6. The number of piperidine rings is 1. The third-order valence-electron chi connectivity index (χ3n) is 4.94. The summed E-state index contributed by atoms with van der Waals surface area (Å²) < 4.78 is 0. The molecule has 2 amide bonds. The van der Waals surface area contributed by atoms with Gasteiger partial charge in [-0.3, -0.25) is 9.82 Å². The number of aromatic nitrogens is 1. The SMILES string of the molecule is CC(C)(C)ONC(=O)N1C2CCC1CC(C#N)(c1cncc(Cl)c1)C2. The number of halogens is 1. The number of carbonyl (C=O) groups is 1. The summed E-state index contributed by atoms with van der Waals surface area (Å²) in [6, 6.07) is 4.11. The van der Waals surface area contributed by atoms with E-state index in [1.807, 2.05) is 31.7 Å². The summed E-state index contributed by atoms with van der Waals surface area (Å²) in [5, 5.41) is 10.4. The fourth-order valence-corrected chi connectivity index (χ4v) is 4.07. The van der Waals surface area contributed by atoms with Crippen LogP contribution in [-0.2, 0) is 10.3 Å². The van der Waals surface area contributed by atoms with Gasteiger partial charge in [0.15, 0.2) is 0 Å². The number of hydroxylamine groups is 1. The van der Waals surface area contributed by atoms with Crippen LogP contribution >= 0.6 is 11.6 Å². The van der Waals surface area contributed by atoms with Crippen LogP contribution in [0, 0.1) is 11.3 Å². The Morgan fingerprint density at radius 2 is 2.04 bits per heavy atom. The van der Waals surface area contributed by atoms with E-state index in [1.165, 1.54) is 0 Å². The Hall–Kier alpha value is -1.84. The summed E-state index contributed by atoms with van der Waals surface area (Å²) in [5.41, 5.74) is 2.30. The second-order valence-corrected chi connectivity index (χ2v) is 8.34. The van der Waals surface area contributed by atoms with Crippen LogP contribution in [-0.4, -0.2) is 33.6 Å². The molecule has 2 saturated heterocycles. The number of carbonyl (C=O) groups excluding carboxylic acids is 1. The molecule has 2 bridgehead atoms. The van der Waals surface area contributed by atoms with Gasteiger partial charge in [0.1, 0.15) is 0 Å². The Morgan fingerprint density at radius 3 is 2.56 bits per heavy atom. The van der Waals surface area contributed by atoms with Gasteiger partial charge in [-0.15, -0.1) is 0 Å². The van der Waals surface area contributed by atoms with E-state index in [-0.39, 0.29) is 18.1 Å². The van der Waals surface area contributed by atoms with Gasteiger partial charge in [0.2, 0.25) is 0 Å². The van der Waals surface area contributed by atoms with Crippen molar-refractivity contribution in [3.8, 4) is 6.07 Å². The highest BCUT2D eigenvalue weighted by molar-refractivity contribution is 6.30. The van der Waals surface area contributed by atoms with Crippen LogP contribution in [0.3, 0.4) is 0 Å². The molecule has 3 heterocycles. The normalized spacial score (nSPS) is 28.5. The molecule has 0 aromatic carbocycles. The fraction of sp³-hybridized carbons (Fsp3) is 0.611. The Labute approximate surface area is 153 Å². The number of hydrogen-bond acceptors (Lipinski definition) is 4. The topological polar surface area (TPSA) is 78.2 Å². The first-order chi connectivity index (χ1) is 11.7. The van der Waals surface area contributed by atoms with Crippen molar-refractivity contribution in [2.45, 2.75) is 69.6 Å². The minimum Gasteiger partial charge on any atom is -0.317 e. The summed E-state index contributed by atoms with van der Waals surface area (Å²) in [6.07, 6.45) is 6.25. The number of pyridine rings is 1. The largest absolute Gasteiger partial charge is 0.341 e. The molecular weight excluding hydrogens is 340 g/mol. The highest BCUT2D eigenvalue weighted by Crippen LogP contribution is 2.47. The monoisotopic (exact) mass is 362 g/mol. The molecule has 3 rings (SSSR count). The third kappa shape index (κ3) is 3.58. The van der Waals surface area contributed by atoms with E-state index >= 15 is 0 Å². The van der Waals surface area contributed by atoms with E-state index < -0.39 is 11.0 Å². The first kappa shape index (κ1) is 18.0. The maximum Gasteiger partial charge on any atom is 0.341 e. The second kappa shape index (κ2) is 6.47. The van der Waals surface area contributed by atoms with Crippen LogP contribution in [0.1, 0.15) is 52.0 Å². The molecule has 25 heavy (non-hydrogen) atoms. The number of nitrogens with zero attached hydrogens (tertiary/aromatic N) is 3. The minimum atomic E-state index is -0.647. The van der Waals surface area contributed by atoms with Crippen molar-refractivity contribution < 1.29 is 9.63 Å². The fourth-order valence-electron chi connectivity index (χ4n) is 3.90. The molecule has 0 aliphatic carbocycles. The number of fused-ring (bicyclic) bond motifs is 2. The van der Waals surface area contributed by atoms with E-state index in [0.717, 1.165) is 18.4 Å². The highest BCUT2D eigenvalue weighted by Gasteiger charge is 2.51. The zero-order valence-electron chi connectivity index (χ0n) is 14.8. The van der Waals surface area contributed by atoms with Crippen LogP contribution < -0.4 is 5.48 Å². The summed E-state index contributed by atoms with van der Waals surface area (Å²) in [4.78, 5) is 24.0. The lowest BCUT2D eigenvalue weighted by Gasteiger charge is -2.43. The minimum absolute atomic E-state index is 0.0148. The van der Waals surface area contributed by atoms with Gasteiger partial charge in [0.25, 0.3) is 0 Å². The standard InChI is InChI=1S/C18H23ClN4O2/c1-17(2,3)25-22-16(24)23-14-4-5-15(23)8-18(7-14,11-20)12-6-13(19)10-21-9-12/h6,9-10,14-15H,4-5,7-8H2,1-3H3,(H,22,24). The molecule has 134 valence electrons. The summed E-state index contributed by atoms with van der Waals surface area (Å²) >= 11 is 6.07. The number of nitriles is 1. The first-order valence-corrected chi connectivity index (χ1v) is 8.90. The predicted octanol–water partition coefficient (Wildman–Crippen LogP) is 3.56. The van der Waals surface area contributed by atoms with Crippen molar-refractivity contribution in [3.05, 3.63) is 29.0 Å². The van der Waals surface area contributed by atoms with Gasteiger partial charge in [-0.05, 0) is 58.1 Å². The van der Waals surface area contributed by atoms with Gasteiger partial charge in [-0.1, -0.05) is 11.6 Å². The smallest absolute Gasteiger partial charge is 0.317 e. The van der Waals surface area contributed by atoms with E-state index in [9.17, 15) is 10.1 Å². The van der Waals surface area contributed by atoms with Gasteiger partial charge < -0.3 is 4.90 Å². The van der Waals surface area contributed by atoms with E-state index in [0.29, 0.717) is 17.9 Å². The second-order valence-electron chi connectivity index (χ2n) is 7.91. The molecule has 1 N–H and O–H groups in total. The average Bonchev–Trinajstić information content (AvgIpc) is 2.83. The molecule has 2 fully saturated rings. The number of rotatable bonds is 2. The molecule has 2 atom stereocenters. The quantitative estimate of drug-likeness (QED) is 0.816. The first-order valence-electron chi connectivity index (χ1n) is 8.53. The lowest BCUT2D eigenvalue weighted by Crippen LogP contribution is -2.55. The average molecular weight is 363 g/mol. The zero-order chi connectivity index (χ0) is 18.2. The van der Waals surface area contributed by atoms with E-state index in [2.05, 4.69) is 16.5 Å². The summed E-state index contributed by atoms with van der Waals surface area (Å²) in [5.74, 6) is 0. The Morgan fingerprint density at radius 1 is 1.40 bits per heavy atom. The van der Waals surface area contributed by atoms with Gasteiger partial charge in [-0.2, -0.15) is 5.26 Å². The maximum atomic E-state index is 12.6. The predicted molar refractivity (Wildman–Crippen MR) is 93.8 cm³/mol. The van der Waals surface area contributed by atoms with Crippen LogP contribution in [0.4, 0.5) is 4.79 Å². The summed E-state index contributed by atoms with van der Waals surface area (Å²) in [6.45, 7) is 5.64. The molecule has 0 spiro atoms.